The van der Waals surface area contributed by atoms with Crippen LogP contribution >= 0.6 is 7.47 Å². The summed E-state index contributed by atoms with van der Waals surface area (Å²) >= 11 is 0. The number of hydrogen-bond acceptors (Lipinski definition) is 0. The molecule has 0 spiro atoms. The van der Waals surface area contributed by atoms with Gasteiger partial charge in [0.1, 0.15) is 0 Å². The van der Waals surface area contributed by atoms with Gasteiger partial charge in [-0.3, -0.25) is 0 Å². The third-order valence-electron chi connectivity index (χ3n) is 2.45. The van der Waals surface area contributed by atoms with Gasteiger partial charge < -0.3 is 0 Å². The van der Waals surface area contributed by atoms with Crippen molar-refractivity contribution in [3.63, 3.8) is 0 Å². The normalized spacial score (nSPS) is 11.3. The Balaban J connectivity index is 2.34. The highest BCUT2D eigenvalue weighted by Crippen LogP contribution is 2.30. The Kier molecular flexibility index (Phi) is 3.71. The van der Waals surface area contributed by atoms with E-state index in [-0.39, 0.29) is 16.7 Å². The minimum Gasteiger partial charge on any atom is -0.0703 e. The minimum atomic E-state index is -0.00977. The number of rotatable bonds is 3. The lowest BCUT2D eigenvalue weighted by molar-refractivity contribution is 1.76. The Bertz CT molecular complexity index is 360. The van der Waals surface area contributed by atoms with Crippen LogP contribution in [-0.2, 0) is 0 Å². The van der Waals surface area contributed by atoms with Crippen LogP contribution in [0.25, 0.3) is 0 Å². The summed E-state index contributed by atoms with van der Waals surface area (Å²) in [6, 6.07) is 21.9. The molecule has 0 aromatic heterocycles. The van der Waals surface area contributed by atoms with Crippen LogP contribution in [0.1, 0.15) is 0 Å². The minimum absolute atomic E-state index is 0.00377. The van der Waals surface area contributed by atoms with Crippen LogP contribution in [0.2, 0.25) is 6.55 Å². The predicted molar refractivity (Wildman–Crippen MR) is 73.5 cm³/mol. The van der Waals surface area contributed by atoms with E-state index in [0.717, 1.165) is 0 Å². The van der Waals surface area contributed by atoms with Crippen LogP contribution in [0.3, 0.4) is 0 Å². The van der Waals surface area contributed by atoms with Crippen LogP contribution in [0.4, 0.5) is 0 Å². The molecule has 0 nitrogen and oxygen atoms in total. The Hall–Kier alpha value is -0.913. The Morgan fingerprint density at radius 2 is 1.13 bits per heavy atom. The van der Waals surface area contributed by atoms with Crippen molar-refractivity contribution in [2.75, 3.05) is 0 Å². The van der Waals surface area contributed by atoms with Crippen molar-refractivity contribution in [3.05, 3.63) is 60.7 Å². The van der Waals surface area contributed by atoms with Crippen LogP contribution in [0, 0.1) is 0 Å². The molecule has 2 aromatic carbocycles. The molecule has 0 amide bonds. The second-order valence-corrected chi connectivity index (χ2v) is 9.73. The van der Waals surface area contributed by atoms with Crippen molar-refractivity contribution in [2.45, 2.75) is 6.55 Å². The Morgan fingerprint density at radius 3 is 1.47 bits per heavy atom. The first kappa shape index (κ1) is 10.6. The van der Waals surface area contributed by atoms with Crippen molar-refractivity contribution >= 4 is 27.3 Å². The van der Waals surface area contributed by atoms with Crippen molar-refractivity contribution < 1.29 is 0 Å². The molecule has 2 heteroatoms. The standard InChI is InChI=1S/C13H15PSi/c1-15-14(12-8-4-2-5-9-12)13-10-6-3-7-11-13/h2-11H,15H2,1H3. The van der Waals surface area contributed by atoms with Gasteiger partial charge in [0.2, 0.25) is 0 Å². The maximum absolute atomic E-state index is 2.41. The SMILES string of the molecule is C[SiH2]P(c1ccccc1)c1ccccc1. The average Bonchev–Trinajstić information content (AvgIpc) is 2.33. The molecule has 76 valence electrons. The van der Waals surface area contributed by atoms with E-state index in [0.29, 0.717) is 0 Å². The molecule has 0 aliphatic heterocycles. The van der Waals surface area contributed by atoms with Gasteiger partial charge in [-0.1, -0.05) is 74.7 Å². The fourth-order valence-electron chi connectivity index (χ4n) is 1.73. The molecule has 0 saturated heterocycles. The summed E-state index contributed by atoms with van der Waals surface area (Å²) in [5.74, 6) is 0. The number of hydrogen-bond donors (Lipinski definition) is 0. The van der Waals surface area contributed by atoms with Crippen LogP contribution in [0.15, 0.2) is 60.7 Å². The van der Waals surface area contributed by atoms with E-state index in [9.17, 15) is 0 Å². The molecule has 0 aliphatic rings. The Labute approximate surface area is 94.8 Å². The summed E-state index contributed by atoms with van der Waals surface area (Å²) in [4.78, 5) is 0. The number of benzene rings is 2. The summed E-state index contributed by atoms with van der Waals surface area (Å²) < 4.78 is 0. The van der Waals surface area contributed by atoms with Gasteiger partial charge in [0.15, 0.2) is 0 Å². The van der Waals surface area contributed by atoms with Gasteiger partial charge in [0, 0.05) is 0 Å². The van der Waals surface area contributed by atoms with E-state index >= 15 is 0 Å². The molecule has 2 aromatic rings. The van der Waals surface area contributed by atoms with Crippen molar-refractivity contribution in [1.82, 2.24) is 0 Å². The maximum atomic E-state index is 2.41. The summed E-state index contributed by atoms with van der Waals surface area (Å²) in [6.07, 6.45) is 0. The van der Waals surface area contributed by atoms with Crippen LogP contribution in [-0.4, -0.2) is 9.19 Å². The lowest BCUT2D eigenvalue weighted by atomic mass is 10.4. The van der Waals surface area contributed by atoms with Crippen molar-refractivity contribution in [3.8, 4) is 0 Å². The zero-order valence-electron chi connectivity index (χ0n) is 8.93. The molecule has 0 radical (unpaired) electrons. The summed E-state index contributed by atoms with van der Waals surface area (Å²) in [6.45, 7) is 2.41. The van der Waals surface area contributed by atoms with E-state index in [4.69, 9.17) is 0 Å². The summed E-state index contributed by atoms with van der Waals surface area (Å²) in [5.41, 5.74) is 0. The van der Waals surface area contributed by atoms with Gasteiger partial charge in [-0.15, -0.1) is 0 Å². The molecular formula is C13H15PSi. The fourth-order valence-corrected chi connectivity index (χ4v) is 7.28. The fraction of sp³-hybridized carbons (Fsp3) is 0.0769. The molecule has 0 heterocycles. The van der Waals surface area contributed by atoms with E-state index in [1.807, 2.05) is 0 Å². The lowest BCUT2D eigenvalue weighted by Gasteiger charge is -2.15. The van der Waals surface area contributed by atoms with Crippen molar-refractivity contribution in [1.29, 1.82) is 0 Å². The van der Waals surface area contributed by atoms with Gasteiger partial charge in [0.05, 0.1) is 9.19 Å². The first-order valence-electron chi connectivity index (χ1n) is 5.29. The molecule has 0 atom stereocenters. The summed E-state index contributed by atoms with van der Waals surface area (Å²) in [7, 11) is -0.0135. The van der Waals surface area contributed by atoms with Gasteiger partial charge in [-0.05, 0) is 10.6 Å². The van der Waals surface area contributed by atoms with Crippen LogP contribution < -0.4 is 10.6 Å². The van der Waals surface area contributed by atoms with Crippen molar-refractivity contribution in [2.24, 2.45) is 0 Å². The van der Waals surface area contributed by atoms with E-state index in [2.05, 4.69) is 67.2 Å². The second kappa shape index (κ2) is 5.25. The zero-order valence-corrected chi connectivity index (χ0v) is 11.2. The molecule has 0 N–H and O–H groups in total. The molecule has 0 saturated carbocycles. The average molecular weight is 230 g/mol. The lowest BCUT2D eigenvalue weighted by Crippen LogP contribution is -2.13. The van der Waals surface area contributed by atoms with E-state index in [1.165, 1.54) is 10.6 Å². The zero-order chi connectivity index (χ0) is 10.5. The molecule has 0 unspecified atom stereocenters. The largest absolute Gasteiger partial charge is 0.0703 e. The molecular weight excluding hydrogens is 215 g/mol. The van der Waals surface area contributed by atoms with Gasteiger partial charge in [-0.2, -0.15) is 0 Å². The maximum Gasteiger partial charge on any atom is 0.0570 e. The second-order valence-electron chi connectivity index (χ2n) is 3.42. The first-order valence-corrected chi connectivity index (χ1v) is 10.1. The summed E-state index contributed by atoms with van der Waals surface area (Å²) in [5, 5.41) is 3.07. The topological polar surface area (TPSA) is 0 Å². The smallest absolute Gasteiger partial charge is 0.0570 e. The Morgan fingerprint density at radius 1 is 0.733 bits per heavy atom. The van der Waals surface area contributed by atoms with Gasteiger partial charge in [0.25, 0.3) is 0 Å². The first-order chi connectivity index (χ1) is 7.42. The predicted octanol–water partition coefficient (Wildman–Crippen LogP) is 2.25. The third kappa shape index (κ3) is 2.56. The highest BCUT2D eigenvalue weighted by molar-refractivity contribution is 7.97. The monoisotopic (exact) mass is 230 g/mol. The third-order valence-corrected chi connectivity index (χ3v) is 9.02. The molecule has 0 fully saturated rings. The highest BCUT2D eigenvalue weighted by Gasteiger charge is 2.09. The van der Waals surface area contributed by atoms with E-state index in [1.54, 1.807) is 0 Å². The quantitative estimate of drug-likeness (QED) is 0.560. The van der Waals surface area contributed by atoms with Crippen LogP contribution in [0.5, 0.6) is 0 Å². The molecule has 0 aliphatic carbocycles. The molecule has 15 heavy (non-hydrogen) atoms. The van der Waals surface area contributed by atoms with Gasteiger partial charge in [-0.25, -0.2) is 0 Å². The molecule has 2 rings (SSSR count). The highest BCUT2D eigenvalue weighted by atomic mass is 31.4. The van der Waals surface area contributed by atoms with E-state index < -0.39 is 0 Å². The molecule has 0 bridgehead atoms. The van der Waals surface area contributed by atoms with Gasteiger partial charge >= 0.3 is 0 Å².